The average Bonchev–Trinajstić information content (AvgIpc) is 2.74. The summed E-state index contributed by atoms with van der Waals surface area (Å²) < 4.78 is 29.0. The molecule has 1 aromatic heterocycles. The molecule has 0 unspecified atom stereocenters. The minimum atomic E-state index is -3.46. The van der Waals surface area contributed by atoms with Crippen molar-refractivity contribution in [3.63, 3.8) is 0 Å². The van der Waals surface area contributed by atoms with E-state index in [0.717, 1.165) is 17.2 Å². The molecule has 0 aliphatic carbocycles. The summed E-state index contributed by atoms with van der Waals surface area (Å²) in [5.74, 6) is -1.73. The van der Waals surface area contributed by atoms with E-state index in [4.69, 9.17) is 9.63 Å². The molecule has 0 radical (unpaired) electrons. The maximum absolute atomic E-state index is 12.1. The van der Waals surface area contributed by atoms with E-state index >= 15 is 0 Å². The summed E-state index contributed by atoms with van der Waals surface area (Å²) in [6.45, 7) is 3.80. The van der Waals surface area contributed by atoms with Gasteiger partial charge in [0.1, 0.15) is 5.75 Å². The molecule has 0 bridgehead atoms. The molecule has 0 spiro atoms. The van der Waals surface area contributed by atoms with Gasteiger partial charge >= 0.3 is 5.97 Å². The molecule has 7 heteroatoms. The van der Waals surface area contributed by atoms with E-state index in [0.29, 0.717) is 5.56 Å². The van der Waals surface area contributed by atoms with Crippen molar-refractivity contribution in [2.24, 2.45) is 0 Å². The van der Waals surface area contributed by atoms with Crippen LogP contribution in [0, 0.1) is 13.8 Å². The lowest BCUT2D eigenvalue weighted by Crippen LogP contribution is -2.07. The standard InChI is InChI=1S/C14H15NO5S/c1-9-3-10(2)5-11(4-9)7-21(18,19)8-12-6-13(14(16)17)15-20-12/h3-6H,7-8H2,1-2H3,(H,16,17). The van der Waals surface area contributed by atoms with Crippen LogP contribution in [0.2, 0.25) is 0 Å². The van der Waals surface area contributed by atoms with Gasteiger partial charge in [0, 0.05) is 6.07 Å². The van der Waals surface area contributed by atoms with Crippen LogP contribution in [0.5, 0.6) is 0 Å². The predicted molar refractivity (Wildman–Crippen MR) is 75.7 cm³/mol. The molecule has 0 amide bonds. The summed E-state index contributed by atoms with van der Waals surface area (Å²) in [7, 11) is -3.46. The minimum absolute atomic E-state index is 0.0248. The lowest BCUT2D eigenvalue weighted by atomic mass is 10.1. The van der Waals surface area contributed by atoms with Crippen LogP contribution >= 0.6 is 0 Å². The quantitative estimate of drug-likeness (QED) is 0.908. The normalized spacial score (nSPS) is 11.5. The fraction of sp³-hybridized carbons (Fsp3) is 0.286. The van der Waals surface area contributed by atoms with E-state index in [1.54, 1.807) is 0 Å². The maximum atomic E-state index is 12.1. The SMILES string of the molecule is Cc1cc(C)cc(CS(=O)(=O)Cc2cc(C(=O)O)no2)c1. The third-order valence-corrected chi connectivity index (χ3v) is 4.31. The van der Waals surface area contributed by atoms with Crippen molar-refractivity contribution in [2.75, 3.05) is 0 Å². The van der Waals surface area contributed by atoms with E-state index in [-0.39, 0.29) is 23.0 Å². The second kappa shape index (κ2) is 5.69. The number of hydrogen-bond acceptors (Lipinski definition) is 5. The van der Waals surface area contributed by atoms with Crippen LogP contribution in [0.3, 0.4) is 0 Å². The summed E-state index contributed by atoms with van der Waals surface area (Å²) in [4.78, 5) is 10.7. The second-order valence-electron chi connectivity index (χ2n) is 5.01. The molecule has 0 saturated carbocycles. The number of aryl methyl sites for hydroxylation is 2. The van der Waals surface area contributed by atoms with Gasteiger partial charge < -0.3 is 9.63 Å². The number of benzene rings is 1. The summed E-state index contributed by atoms with van der Waals surface area (Å²) in [5, 5.41) is 12.0. The van der Waals surface area contributed by atoms with Crippen molar-refractivity contribution < 1.29 is 22.8 Å². The number of sulfone groups is 1. The van der Waals surface area contributed by atoms with Crippen LogP contribution in [0.25, 0.3) is 0 Å². The first-order valence-corrected chi connectivity index (χ1v) is 8.04. The molecule has 6 nitrogen and oxygen atoms in total. The van der Waals surface area contributed by atoms with Crippen molar-refractivity contribution in [3.8, 4) is 0 Å². The first-order valence-electron chi connectivity index (χ1n) is 6.22. The number of aromatic carboxylic acids is 1. The molecule has 0 saturated heterocycles. The number of nitrogens with zero attached hydrogens (tertiary/aromatic N) is 1. The van der Waals surface area contributed by atoms with E-state index in [9.17, 15) is 13.2 Å². The lowest BCUT2D eigenvalue weighted by Gasteiger charge is -2.05. The van der Waals surface area contributed by atoms with Crippen LogP contribution in [0.1, 0.15) is 32.9 Å². The molecule has 0 aliphatic heterocycles. The highest BCUT2D eigenvalue weighted by Gasteiger charge is 2.19. The molecule has 112 valence electrons. The Morgan fingerprint density at radius 3 is 2.29 bits per heavy atom. The number of aromatic nitrogens is 1. The zero-order chi connectivity index (χ0) is 15.6. The van der Waals surface area contributed by atoms with Gasteiger partial charge in [0.15, 0.2) is 21.3 Å². The Bertz CT molecular complexity index is 756. The van der Waals surface area contributed by atoms with E-state index in [2.05, 4.69) is 5.16 Å². The monoisotopic (exact) mass is 309 g/mol. The first-order chi connectivity index (χ1) is 9.75. The van der Waals surface area contributed by atoms with Crippen molar-refractivity contribution in [3.05, 3.63) is 52.4 Å². The van der Waals surface area contributed by atoms with Gasteiger partial charge in [0.05, 0.1) is 5.75 Å². The molecule has 0 atom stereocenters. The molecule has 0 fully saturated rings. The molecular weight excluding hydrogens is 294 g/mol. The van der Waals surface area contributed by atoms with Gasteiger partial charge in [0.25, 0.3) is 0 Å². The third kappa shape index (κ3) is 4.16. The Kier molecular flexibility index (Phi) is 4.13. The van der Waals surface area contributed by atoms with Gasteiger partial charge in [0.2, 0.25) is 0 Å². The van der Waals surface area contributed by atoms with Gasteiger partial charge in [-0.25, -0.2) is 13.2 Å². The van der Waals surface area contributed by atoms with Crippen molar-refractivity contribution >= 4 is 15.8 Å². The predicted octanol–water partition coefficient (Wildman–Crippen LogP) is 2.10. The highest BCUT2D eigenvalue weighted by molar-refractivity contribution is 7.89. The number of carbonyl (C=O) groups is 1. The van der Waals surface area contributed by atoms with Crippen molar-refractivity contribution in [1.82, 2.24) is 5.16 Å². The lowest BCUT2D eigenvalue weighted by molar-refractivity contribution is 0.0685. The fourth-order valence-electron chi connectivity index (χ4n) is 2.16. The zero-order valence-corrected chi connectivity index (χ0v) is 12.5. The molecule has 21 heavy (non-hydrogen) atoms. The molecule has 1 N–H and O–H groups in total. The number of carboxylic acids is 1. The summed E-state index contributed by atoms with van der Waals surface area (Å²) in [6, 6.07) is 6.72. The van der Waals surface area contributed by atoms with Crippen LogP contribution < -0.4 is 0 Å². The van der Waals surface area contributed by atoms with Gasteiger partial charge in [-0.15, -0.1) is 0 Å². The molecule has 2 rings (SSSR count). The Morgan fingerprint density at radius 1 is 1.14 bits per heavy atom. The zero-order valence-electron chi connectivity index (χ0n) is 11.7. The van der Waals surface area contributed by atoms with E-state index in [1.165, 1.54) is 0 Å². The van der Waals surface area contributed by atoms with Crippen LogP contribution in [0.15, 0.2) is 28.8 Å². The molecule has 1 aromatic carbocycles. The minimum Gasteiger partial charge on any atom is -0.476 e. The number of hydrogen-bond donors (Lipinski definition) is 1. The maximum Gasteiger partial charge on any atom is 0.358 e. The highest BCUT2D eigenvalue weighted by atomic mass is 32.2. The fourth-order valence-corrected chi connectivity index (χ4v) is 3.50. The molecule has 2 aromatic rings. The van der Waals surface area contributed by atoms with Crippen LogP contribution in [-0.2, 0) is 21.3 Å². The summed E-state index contributed by atoms with van der Waals surface area (Å²) in [6.07, 6.45) is 0. The van der Waals surface area contributed by atoms with Gasteiger partial charge in [-0.05, 0) is 19.4 Å². The Hall–Kier alpha value is -2.15. The smallest absolute Gasteiger partial charge is 0.358 e. The largest absolute Gasteiger partial charge is 0.476 e. The first kappa shape index (κ1) is 15.2. The van der Waals surface area contributed by atoms with Gasteiger partial charge in [-0.3, -0.25) is 0 Å². The highest BCUT2D eigenvalue weighted by Crippen LogP contribution is 2.16. The molecule has 0 aliphatic rings. The Balaban J connectivity index is 2.16. The summed E-state index contributed by atoms with van der Waals surface area (Å²) in [5.41, 5.74) is 2.39. The number of rotatable bonds is 5. The second-order valence-corrected chi connectivity index (χ2v) is 7.08. The Labute approximate surface area is 122 Å². The topological polar surface area (TPSA) is 97.5 Å². The van der Waals surface area contributed by atoms with E-state index < -0.39 is 15.8 Å². The third-order valence-electron chi connectivity index (χ3n) is 2.81. The van der Waals surface area contributed by atoms with Crippen LogP contribution in [-0.4, -0.2) is 24.7 Å². The molecule has 1 heterocycles. The average molecular weight is 309 g/mol. The summed E-state index contributed by atoms with van der Waals surface area (Å²) >= 11 is 0. The van der Waals surface area contributed by atoms with Gasteiger partial charge in [-0.1, -0.05) is 34.5 Å². The van der Waals surface area contributed by atoms with Crippen LogP contribution in [0.4, 0.5) is 0 Å². The van der Waals surface area contributed by atoms with Gasteiger partial charge in [-0.2, -0.15) is 0 Å². The molecular formula is C14H15NO5S. The van der Waals surface area contributed by atoms with E-state index in [1.807, 2.05) is 32.0 Å². The number of carboxylic acid groups (broad SMARTS) is 1. The Morgan fingerprint density at radius 2 is 1.76 bits per heavy atom. The van der Waals surface area contributed by atoms with Crippen molar-refractivity contribution in [2.45, 2.75) is 25.4 Å². The van der Waals surface area contributed by atoms with Crippen molar-refractivity contribution in [1.29, 1.82) is 0 Å².